The first-order valence-electron chi connectivity index (χ1n) is 12.7. The van der Waals surface area contributed by atoms with Crippen molar-refractivity contribution in [3.8, 4) is 10.6 Å². The second-order valence-corrected chi connectivity index (χ2v) is 11.3. The zero-order chi connectivity index (χ0) is 26.5. The fourth-order valence-electron chi connectivity index (χ4n) is 5.45. The molecule has 11 heteroatoms. The molecule has 0 bridgehead atoms. The van der Waals surface area contributed by atoms with E-state index in [1.54, 1.807) is 23.6 Å². The molecule has 3 aromatic heterocycles. The van der Waals surface area contributed by atoms with Gasteiger partial charge >= 0.3 is 0 Å². The average molecular weight is 536 g/mol. The lowest BCUT2D eigenvalue weighted by molar-refractivity contribution is -0.909. The van der Waals surface area contributed by atoms with E-state index in [2.05, 4.69) is 10.6 Å². The van der Waals surface area contributed by atoms with Crippen LogP contribution in [0.3, 0.4) is 0 Å². The van der Waals surface area contributed by atoms with Crippen molar-refractivity contribution >= 4 is 33.3 Å². The number of nitrogens with one attached hydrogen (secondary N) is 2. The maximum atomic E-state index is 10.1. The van der Waals surface area contributed by atoms with Crippen LogP contribution >= 0.6 is 11.3 Å². The van der Waals surface area contributed by atoms with Crippen molar-refractivity contribution < 1.29 is 24.5 Å². The van der Waals surface area contributed by atoms with Crippen molar-refractivity contribution in [2.24, 2.45) is 5.92 Å². The van der Waals surface area contributed by atoms with Gasteiger partial charge in [0, 0.05) is 29.4 Å². The number of para-hydroxylation sites is 1. The Morgan fingerprint density at radius 1 is 1.13 bits per heavy atom. The third-order valence-corrected chi connectivity index (χ3v) is 8.18. The lowest BCUT2D eigenvalue weighted by Gasteiger charge is -2.31. The Bertz CT molecular complexity index is 1460. The third-order valence-electron chi connectivity index (χ3n) is 7.12. The highest BCUT2D eigenvalue weighted by Crippen LogP contribution is 2.50. The number of fused-ring (bicyclic) bond motifs is 2. The quantitative estimate of drug-likeness (QED) is 0.206. The Hall–Kier alpha value is -3.38. The van der Waals surface area contributed by atoms with E-state index >= 15 is 0 Å². The number of benzene rings is 1. The van der Waals surface area contributed by atoms with E-state index in [0.717, 1.165) is 37.6 Å². The van der Waals surface area contributed by atoms with Crippen LogP contribution in [0.25, 0.3) is 20.8 Å². The minimum atomic E-state index is -0.853. The Morgan fingerprint density at radius 2 is 1.95 bits per heavy atom. The molecule has 6 rings (SSSR count). The largest absolute Gasteiger partial charge is 0.396 e. The molecule has 1 saturated carbocycles. The van der Waals surface area contributed by atoms with E-state index in [1.165, 1.54) is 0 Å². The van der Waals surface area contributed by atoms with Crippen LogP contribution in [0.1, 0.15) is 38.1 Å². The van der Waals surface area contributed by atoms with Crippen LogP contribution in [0.5, 0.6) is 0 Å². The monoisotopic (exact) mass is 535 g/mol. The topological polar surface area (TPSA) is 126 Å². The van der Waals surface area contributed by atoms with Gasteiger partial charge in [-0.2, -0.15) is 4.98 Å². The molecule has 4 N–H and O–H groups in total. The summed E-state index contributed by atoms with van der Waals surface area (Å²) in [7, 11) is 0. The van der Waals surface area contributed by atoms with Gasteiger partial charge in [-0.25, -0.2) is 9.97 Å². The van der Waals surface area contributed by atoms with Gasteiger partial charge in [0.2, 0.25) is 12.1 Å². The van der Waals surface area contributed by atoms with E-state index in [9.17, 15) is 10.3 Å². The second-order valence-electron chi connectivity index (χ2n) is 10.3. The number of rotatable bonds is 7. The van der Waals surface area contributed by atoms with Gasteiger partial charge in [0.05, 0.1) is 21.5 Å². The van der Waals surface area contributed by atoms with Crippen LogP contribution in [0.15, 0.2) is 48.7 Å². The maximum absolute atomic E-state index is 10.1. The Kier molecular flexibility index (Phi) is 6.18. The highest BCUT2D eigenvalue weighted by atomic mass is 32.1. The van der Waals surface area contributed by atoms with E-state index < -0.39 is 11.5 Å². The molecule has 4 aromatic rings. The predicted octanol–water partition coefficient (Wildman–Crippen LogP) is 3.86. The summed E-state index contributed by atoms with van der Waals surface area (Å²) in [6.45, 7) is 6.06. The molecule has 4 heterocycles. The first-order valence-corrected chi connectivity index (χ1v) is 13.5. The van der Waals surface area contributed by atoms with Gasteiger partial charge in [0.1, 0.15) is 23.5 Å². The first kappa shape index (κ1) is 24.9. The summed E-state index contributed by atoms with van der Waals surface area (Å²) in [6.07, 6.45) is 2.66. The molecular formula is C27H31N6O4S+. The van der Waals surface area contributed by atoms with Gasteiger partial charge in [0.25, 0.3) is 5.69 Å². The van der Waals surface area contributed by atoms with Gasteiger partial charge in [-0.15, -0.1) is 11.3 Å². The van der Waals surface area contributed by atoms with Crippen LogP contribution in [-0.2, 0) is 16.0 Å². The van der Waals surface area contributed by atoms with Crippen LogP contribution in [0, 0.1) is 12.8 Å². The van der Waals surface area contributed by atoms with E-state index in [-0.39, 0.29) is 18.6 Å². The van der Waals surface area contributed by atoms with Crippen LogP contribution in [-0.4, -0.2) is 49.5 Å². The van der Waals surface area contributed by atoms with Crippen LogP contribution in [0.2, 0.25) is 0 Å². The van der Waals surface area contributed by atoms with Crippen LogP contribution in [0.4, 0.5) is 11.8 Å². The standard InChI is InChI=1S/C27H31N6O4S/c1-16-21(24-30-19-9-4-5-10-20(19)38-24)23(31-25(29-16)28-14-18-8-6-7-13-33(18)35)32-27-12-11-17(15-34)22(27)36-26(2,3)37-27/h4-10,13,17,22,34-35H,11-12,14-15H2,1-3H3,(H2,28,29,31,32)/q+1. The fraction of sp³-hybridized carbons (Fsp3) is 0.407. The minimum absolute atomic E-state index is 0.0199. The van der Waals surface area contributed by atoms with Gasteiger partial charge in [-0.05, 0) is 51.8 Å². The second kappa shape index (κ2) is 9.42. The Labute approximate surface area is 224 Å². The van der Waals surface area contributed by atoms with E-state index in [0.29, 0.717) is 30.4 Å². The Balaban J connectivity index is 1.42. The van der Waals surface area contributed by atoms with E-state index in [4.69, 9.17) is 24.4 Å². The maximum Gasteiger partial charge on any atom is 0.253 e. The number of pyridine rings is 1. The number of ether oxygens (including phenoxy) is 2. The van der Waals surface area contributed by atoms with Crippen molar-refractivity contribution in [1.29, 1.82) is 0 Å². The van der Waals surface area contributed by atoms with Gasteiger partial charge in [0.15, 0.2) is 11.5 Å². The molecule has 2 aliphatic rings. The molecule has 198 valence electrons. The van der Waals surface area contributed by atoms with Gasteiger partial charge < -0.3 is 25.2 Å². The summed E-state index contributed by atoms with van der Waals surface area (Å²) >= 11 is 1.58. The minimum Gasteiger partial charge on any atom is -0.396 e. The van der Waals surface area contributed by atoms with Crippen molar-refractivity contribution in [1.82, 2.24) is 15.0 Å². The first-order chi connectivity index (χ1) is 18.3. The van der Waals surface area contributed by atoms with Crippen molar-refractivity contribution in [3.05, 3.63) is 60.0 Å². The normalized spacial score (nSPS) is 24.0. The fourth-order valence-corrected chi connectivity index (χ4v) is 6.51. The molecule has 1 saturated heterocycles. The molecule has 1 aromatic carbocycles. The number of aliphatic hydroxyl groups excluding tert-OH is 1. The molecule has 3 unspecified atom stereocenters. The highest BCUT2D eigenvalue weighted by molar-refractivity contribution is 7.21. The van der Waals surface area contributed by atoms with Crippen molar-refractivity contribution in [2.75, 3.05) is 17.2 Å². The van der Waals surface area contributed by atoms with E-state index in [1.807, 2.05) is 57.2 Å². The molecule has 1 aliphatic carbocycles. The smallest absolute Gasteiger partial charge is 0.253 e. The average Bonchev–Trinajstić information content (AvgIpc) is 3.51. The summed E-state index contributed by atoms with van der Waals surface area (Å²) in [5.41, 5.74) is 2.26. The highest BCUT2D eigenvalue weighted by Gasteiger charge is 2.60. The van der Waals surface area contributed by atoms with Crippen LogP contribution < -0.4 is 15.4 Å². The predicted molar refractivity (Wildman–Crippen MR) is 143 cm³/mol. The van der Waals surface area contributed by atoms with Crippen molar-refractivity contribution in [2.45, 2.75) is 57.8 Å². The molecule has 0 radical (unpaired) electrons. The number of hydrogen-bond donors (Lipinski definition) is 4. The molecule has 10 nitrogen and oxygen atoms in total. The van der Waals surface area contributed by atoms with Gasteiger partial charge in [-0.1, -0.05) is 12.1 Å². The zero-order valence-electron chi connectivity index (χ0n) is 21.5. The Morgan fingerprint density at radius 3 is 2.74 bits per heavy atom. The number of thiazole rings is 1. The third kappa shape index (κ3) is 4.45. The lowest BCUT2D eigenvalue weighted by atomic mass is 10.0. The molecular weight excluding hydrogens is 504 g/mol. The number of aryl methyl sites for hydroxylation is 1. The molecule has 1 aliphatic heterocycles. The zero-order valence-corrected chi connectivity index (χ0v) is 22.3. The van der Waals surface area contributed by atoms with Gasteiger partial charge in [-0.3, -0.25) is 5.21 Å². The lowest BCUT2D eigenvalue weighted by Crippen LogP contribution is -2.46. The summed E-state index contributed by atoms with van der Waals surface area (Å²) in [5.74, 6) is 0.122. The number of aliphatic hydroxyl groups is 1. The molecule has 0 amide bonds. The number of hydrogen-bond acceptors (Lipinski definition) is 10. The summed E-state index contributed by atoms with van der Waals surface area (Å²) in [6, 6.07) is 13.4. The molecule has 38 heavy (non-hydrogen) atoms. The number of nitrogens with zero attached hydrogens (tertiary/aromatic N) is 4. The number of anilines is 2. The molecule has 0 spiro atoms. The molecule has 2 fully saturated rings. The summed E-state index contributed by atoms with van der Waals surface area (Å²) in [4.78, 5) is 14.5. The summed E-state index contributed by atoms with van der Waals surface area (Å²) in [5, 5.41) is 27.8. The SMILES string of the molecule is Cc1nc(NCc2cccc[n+]2O)nc(NC23CCC(CO)C2OC(C)(C)O3)c1-c1nc2ccccc2s1. The number of aromatic nitrogens is 4. The van der Waals surface area contributed by atoms with Crippen molar-refractivity contribution in [3.63, 3.8) is 0 Å². The summed E-state index contributed by atoms with van der Waals surface area (Å²) < 4.78 is 14.9. The molecule has 3 atom stereocenters.